The Morgan fingerprint density at radius 1 is 1.41 bits per heavy atom. The number of thiocarbonyl (C=S) groups is 1. The summed E-state index contributed by atoms with van der Waals surface area (Å²) in [6, 6.07) is 0.411. The summed E-state index contributed by atoms with van der Waals surface area (Å²) in [5.74, 6) is 0. The highest BCUT2D eigenvalue weighted by Crippen LogP contribution is 2.22. The van der Waals surface area contributed by atoms with E-state index < -0.39 is 0 Å². The van der Waals surface area contributed by atoms with Crippen molar-refractivity contribution in [1.29, 1.82) is 0 Å². The van der Waals surface area contributed by atoms with Crippen LogP contribution in [0.1, 0.15) is 41.0 Å². The van der Waals surface area contributed by atoms with E-state index in [1.54, 1.807) is 0 Å². The van der Waals surface area contributed by atoms with Crippen LogP contribution in [0.4, 0.5) is 0 Å². The number of nitrogens with one attached hydrogen (secondary N) is 1. The van der Waals surface area contributed by atoms with Crippen molar-refractivity contribution in [3.05, 3.63) is 0 Å². The number of ether oxygens (including phenoxy) is 1. The SMILES string of the molecule is CCOCCCNC(=S)N(C)C(C)C(C)(C)C. The van der Waals surface area contributed by atoms with E-state index in [0.717, 1.165) is 31.3 Å². The van der Waals surface area contributed by atoms with Crippen molar-refractivity contribution < 1.29 is 4.74 Å². The van der Waals surface area contributed by atoms with Gasteiger partial charge in [-0.1, -0.05) is 20.8 Å². The van der Waals surface area contributed by atoms with Gasteiger partial charge in [-0.25, -0.2) is 0 Å². The smallest absolute Gasteiger partial charge is 0.168 e. The third-order valence-corrected chi connectivity index (χ3v) is 3.53. The Kier molecular flexibility index (Phi) is 7.71. The Balaban J connectivity index is 3.90. The number of nitrogens with zero attached hydrogens (tertiary/aromatic N) is 1. The van der Waals surface area contributed by atoms with Gasteiger partial charge in [-0.3, -0.25) is 0 Å². The molecule has 0 fully saturated rings. The third-order valence-electron chi connectivity index (χ3n) is 3.10. The first-order valence-electron chi connectivity index (χ1n) is 6.39. The van der Waals surface area contributed by atoms with Crippen molar-refractivity contribution in [3.63, 3.8) is 0 Å². The zero-order chi connectivity index (χ0) is 13.5. The van der Waals surface area contributed by atoms with Gasteiger partial charge < -0.3 is 15.0 Å². The van der Waals surface area contributed by atoms with Crippen LogP contribution < -0.4 is 5.32 Å². The van der Waals surface area contributed by atoms with Crippen LogP contribution in [-0.2, 0) is 4.74 Å². The summed E-state index contributed by atoms with van der Waals surface area (Å²) in [6.07, 6.45) is 0.992. The number of hydrogen-bond donors (Lipinski definition) is 1. The first-order valence-corrected chi connectivity index (χ1v) is 6.80. The lowest BCUT2D eigenvalue weighted by Gasteiger charge is -2.37. The van der Waals surface area contributed by atoms with Crippen LogP contribution in [0.25, 0.3) is 0 Å². The average molecular weight is 260 g/mol. The monoisotopic (exact) mass is 260 g/mol. The molecule has 0 aliphatic heterocycles. The van der Waals surface area contributed by atoms with Gasteiger partial charge in [0, 0.05) is 32.8 Å². The molecule has 17 heavy (non-hydrogen) atoms. The summed E-state index contributed by atoms with van der Waals surface area (Å²) in [5.41, 5.74) is 0.228. The highest BCUT2D eigenvalue weighted by Gasteiger charge is 2.25. The molecule has 0 aliphatic rings. The standard InChI is InChI=1S/C13H28N2OS/c1-7-16-10-8-9-14-12(17)15(6)11(2)13(3,4)5/h11H,7-10H2,1-6H3,(H,14,17). The Labute approximate surface area is 112 Å². The van der Waals surface area contributed by atoms with Gasteiger partial charge in [-0.15, -0.1) is 0 Å². The van der Waals surface area contributed by atoms with E-state index >= 15 is 0 Å². The van der Waals surface area contributed by atoms with Gasteiger partial charge in [0.1, 0.15) is 0 Å². The van der Waals surface area contributed by atoms with Crippen LogP contribution in [0.2, 0.25) is 0 Å². The molecule has 0 heterocycles. The lowest BCUT2D eigenvalue weighted by atomic mass is 9.87. The minimum atomic E-state index is 0.228. The second kappa shape index (κ2) is 7.88. The molecule has 0 saturated heterocycles. The molecular weight excluding hydrogens is 232 g/mol. The van der Waals surface area contributed by atoms with E-state index in [9.17, 15) is 0 Å². The Morgan fingerprint density at radius 3 is 2.47 bits per heavy atom. The molecule has 0 spiro atoms. The summed E-state index contributed by atoms with van der Waals surface area (Å²) in [4.78, 5) is 2.13. The largest absolute Gasteiger partial charge is 0.382 e. The van der Waals surface area contributed by atoms with Crippen LogP contribution in [0.15, 0.2) is 0 Å². The summed E-state index contributed by atoms with van der Waals surface area (Å²) in [7, 11) is 2.05. The molecule has 0 aromatic heterocycles. The fourth-order valence-corrected chi connectivity index (χ4v) is 1.66. The maximum atomic E-state index is 5.37. The van der Waals surface area contributed by atoms with E-state index in [4.69, 9.17) is 17.0 Å². The molecule has 3 nitrogen and oxygen atoms in total. The minimum Gasteiger partial charge on any atom is -0.382 e. The molecule has 1 atom stereocenters. The van der Waals surface area contributed by atoms with Gasteiger partial charge in [0.15, 0.2) is 5.11 Å². The molecule has 102 valence electrons. The number of rotatable bonds is 6. The van der Waals surface area contributed by atoms with Crippen molar-refractivity contribution >= 4 is 17.3 Å². The van der Waals surface area contributed by atoms with E-state index in [1.807, 2.05) is 14.0 Å². The van der Waals surface area contributed by atoms with Gasteiger partial charge in [0.25, 0.3) is 0 Å². The van der Waals surface area contributed by atoms with Gasteiger partial charge in [-0.05, 0) is 37.9 Å². The lowest BCUT2D eigenvalue weighted by Crippen LogP contribution is -2.47. The summed E-state index contributed by atoms with van der Waals surface area (Å²) < 4.78 is 5.28. The molecular formula is C13H28N2OS. The highest BCUT2D eigenvalue weighted by molar-refractivity contribution is 7.80. The predicted octanol–water partition coefficient (Wildman–Crippen LogP) is 2.65. The average Bonchev–Trinajstić information content (AvgIpc) is 2.25. The molecule has 1 unspecified atom stereocenters. The van der Waals surface area contributed by atoms with Crippen LogP contribution in [-0.4, -0.2) is 42.9 Å². The molecule has 0 rings (SSSR count). The summed E-state index contributed by atoms with van der Waals surface area (Å²) in [5, 5.41) is 4.09. The first-order chi connectivity index (χ1) is 7.80. The third kappa shape index (κ3) is 6.84. The summed E-state index contributed by atoms with van der Waals surface area (Å²) in [6.45, 7) is 13.4. The second-order valence-corrected chi connectivity index (χ2v) is 5.82. The summed E-state index contributed by atoms with van der Waals surface area (Å²) >= 11 is 5.37. The fourth-order valence-electron chi connectivity index (χ4n) is 1.40. The van der Waals surface area contributed by atoms with Crippen LogP contribution in [0, 0.1) is 5.41 Å². The normalized spacial score (nSPS) is 13.3. The molecule has 0 aromatic carbocycles. The minimum absolute atomic E-state index is 0.228. The molecule has 0 radical (unpaired) electrons. The van der Waals surface area contributed by atoms with Crippen LogP contribution >= 0.6 is 12.2 Å². The van der Waals surface area contributed by atoms with Gasteiger partial charge in [-0.2, -0.15) is 0 Å². The lowest BCUT2D eigenvalue weighted by molar-refractivity contribution is 0.145. The first kappa shape index (κ1) is 16.6. The molecule has 1 N–H and O–H groups in total. The molecule has 0 bridgehead atoms. The zero-order valence-corrected chi connectivity index (χ0v) is 13.0. The van der Waals surface area contributed by atoms with Crippen LogP contribution in [0.3, 0.4) is 0 Å². The maximum Gasteiger partial charge on any atom is 0.168 e. The second-order valence-electron chi connectivity index (χ2n) is 5.44. The van der Waals surface area contributed by atoms with Crippen molar-refractivity contribution in [3.8, 4) is 0 Å². The van der Waals surface area contributed by atoms with Crippen molar-refractivity contribution in [2.45, 2.75) is 47.1 Å². The van der Waals surface area contributed by atoms with Gasteiger partial charge in [0.2, 0.25) is 0 Å². The van der Waals surface area contributed by atoms with Crippen molar-refractivity contribution in [1.82, 2.24) is 10.2 Å². The molecule has 4 heteroatoms. The molecule has 0 amide bonds. The fraction of sp³-hybridized carbons (Fsp3) is 0.923. The van der Waals surface area contributed by atoms with Crippen LogP contribution in [0.5, 0.6) is 0 Å². The topological polar surface area (TPSA) is 24.5 Å². The maximum absolute atomic E-state index is 5.37. The van der Waals surface area contributed by atoms with Crippen molar-refractivity contribution in [2.24, 2.45) is 5.41 Å². The van der Waals surface area contributed by atoms with Gasteiger partial charge in [0.05, 0.1) is 0 Å². The molecule has 0 saturated carbocycles. The van der Waals surface area contributed by atoms with Gasteiger partial charge >= 0.3 is 0 Å². The molecule has 0 aliphatic carbocycles. The van der Waals surface area contributed by atoms with E-state index in [0.29, 0.717) is 6.04 Å². The molecule has 0 aromatic rings. The van der Waals surface area contributed by atoms with Crippen molar-refractivity contribution in [2.75, 3.05) is 26.8 Å². The Morgan fingerprint density at radius 2 is 2.00 bits per heavy atom. The highest BCUT2D eigenvalue weighted by atomic mass is 32.1. The quantitative estimate of drug-likeness (QED) is 0.586. The van der Waals surface area contributed by atoms with E-state index in [1.165, 1.54) is 0 Å². The van der Waals surface area contributed by atoms with E-state index in [2.05, 4.69) is 37.9 Å². The zero-order valence-electron chi connectivity index (χ0n) is 12.2. The Hall–Kier alpha value is -0.350. The number of hydrogen-bond acceptors (Lipinski definition) is 2. The Bertz CT molecular complexity index is 226. The van der Waals surface area contributed by atoms with E-state index in [-0.39, 0.29) is 5.41 Å². The predicted molar refractivity (Wildman–Crippen MR) is 78.4 cm³/mol.